The first-order valence-corrected chi connectivity index (χ1v) is 10.2. The summed E-state index contributed by atoms with van der Waals surface area (Å²) in [4.78, 5) is 43.3. The molecule has 0 aliphatic carbocycles. The first-order chi connectivity index (χ1) is 13.3. The summed E-state index contributed by atoms with van der Waals surface area (Å²) in [5.74, 6) is -0.232. The van der Waals surface area contributed by atoms with E-state index in [1.54, 1.807) is 15.9 Å². The molecule has 2 aromatic rings. The van der Waals surface area contributed by atoms with Gasteiger partial charge in [-0.1, -0.05) is 37.6 Å². The molecule has 0 unspecified atom stereocenters. The maximum atomic E-state index is 12.8. The van der Waals surface area contributed by atoms with E-state index in [0.29, 0.717) is 11.4 Å². The average molecular weight is 400 g/mol. The number of rotatable bonds is 6. The van der Waals surface area contributed by atoms with Crippen molar-refractivity contribution in [1.29, 1.82) is 0 Å². The van der Waals surface area contributed by atoms with Gasteiger partial charge in [0.2, 0.25) is 11.8 Å². The van der Waals surface area contributed by atoms with E-state index < -0.39 is 0 Å². The van der Waals surface area contributed by atoms with Crippen molar-refractivity contribution >= 4 is 34.7 Å². The minimum Gasteiger partial charge on any atom is -0.328 e. The number of carbonyl (C=O) groups excluding carboxylic acids is 3. The van der Waals surface area contributed by atoms with Crippen LogP contribution in [0.2, 0.25) is 0 Å². The van der Waals surface area contributed by atoms with Crippen LogP contribution in [0.4, 0.5) is 5.69 Å². The minimum absolute atomic E-state index is 0.0239. The quantitative estimate of drug-likeness (QED) is 0.750. The molecule has 0 bridgehead atoms. The number of hydrogen-bond acceptors (Lipinski definition) is 4. The summed E-state index contributed by atoms with van der Waals surface area (Å²) < 4.78 is 0. The number of hydrogen-bond donors (Lipinski definition) is 0. The molecule has 28 heavy (non-hydrogen) atoms. The Morgan fingerprint density at radius 3 is 2.50 bits per heavy atom. The van der Waals surface area contributed by atoms with Gasteiger partial charge in [-0.05, 0) is 36.4 Å². The van der Waals surface area contributed by atoms with Crippen LogP contribution >= 0.6 is 11.3 Å². The fraction of sp³-hybridized carbons (Fsp3) is 0.381. The summed E-state index contributed by atoms with van der Waals surface area (Å²) in [6, 6.07) is 11.2. The average Bonchev–Trinajstić information content (AvgIpc) is 3.31. The van der Waals surface area contributed by atoms with Crippen LogP contribution in [-0.4, -0.2) is 53.8 Å². The summed E-state index contributed by atoms with van der Waals surface area (Å²) in [6.07, 6.45) is 0. The number of amides is 3. The molecular formula is C21H25N3O3S. The number of thiophene rings is 1. The summed E-state index contributed by atoms with van der Waals surface area (Å²) in [7, 11) is 0. The molecule has 3 rings (SSSR count). The van der Waals surface area contributed by atoms with Crippen LogP contribution in [0, 0.1) is 12.8 Å². The Kier molecular flexibility index (Phi) is 6.14. The minimum atomic E-state index is -0.214. The molecule has 3 amide bonds. The molecular weight excluding hydrogens is 374 g/mol. The number of carbonyl (C=O) groups is 3. The third-order valence-electron chi connectivity index (χ3n) is 4.57. The fourth-order valence-corrected chi connectivity index (χ4v) is 3.84. The number of aryl methyl sites for hydroxylation is 1. The second-order valence-electron chi connectivity index (χ2n) is 7.45. The van der Waals surface area contributed by atoms with E-state index in [0.717, 1.165) is 11.3 Å². The summed E-state index contributed by atoms with van der Waals surface area (Å²) in [5, 5.41) is 1.85. The van der Waals surface area contributed by atoms with E-state index in [9.17, 15) is 14.4 Å². The third-order valence-corrected chi connectivity index (χ3v) is 5.43. The summed E-state index contributed by atoms with van der Waals surface area (Å²) >= 11 is 1.37. The second kappa shape index (κ2) is 8.56. The first kappa shape index (κ1) is 20.1. The van der Waals surface area contributed by atoms with Crippen LogP contribution in [0.1, 0.15) is 29.1 Å². The van der Waals surface area contributed by atoms with Gasteiger partial charge in [-0.2, -0.15) is 0 Å². The standard InChI is InChI=1S/C21H25N3O3S/c1-15(2)11-22(21(27)18-5-4-10-28-18)12-19(25)23-13-20(26)24(14-23)17-8-6-16(3)7-9-17/h4-10,15H,11-14H2,1-3H3. The van der Waals surface area contributed by atoms with Gasteiger partial charge in [-0.3, -0.25) is 19.3 Å². The number of anilines is 1. The van der Waals surface area contributed by atoms with E-state index in [1.165, 1.54) is 16.2 Å². The Morgan fingerprint density at radius 1 is 1.18 bits per heavy atom. The molecule has 1 aliphatic heterocycles. The van der Waals surface area contributed by atoms with Crippen LogP contribution < -0.4 is 4.90 Å². The van der Waals surface area contributed by atoms with Crippen LogP contribution in [0.25, 0.3) is 0 Å². The largest absolute Gasteiger partial charge is 0.328 e. The van der Waals surface area contributed by atoms with Crippen molar-refractivity contribution in [3.05, 3.63) is 52.2 Å². The van der Waals surface area contributed by atoms with E-state index in [-0.39, 0.29) is 43.4 Å². The lowest BCUT2D eigenvalue weighted by Crippen LogP contribution is -2.44. The molecule has 0 radical (unpaired) electrons. The molecule has 1 aliphatic rings. The van der Waals surface area contributed by atoms with Crippen molar-refractivity contribution in [2.24, 2.45) is 5.92 Å². The van der Waals surface area contributed by atoms with Crippen molar-refractivity contribution in [2.45, 2.75) is 20.8 Å². The molecule has 148 valence electrons. The molecule has 1 fully saturated rings. The van der Waals surface area contributed by atoms with E-state index in [1.807, 2.05) is 56.5 Å². The van der Waals surface area contributed by atoms with Crippen LogP contribution in [-0.2, 0) is 9.59 Å². The lowest BCUT2D eigenvalue weighted by molar-refractivity contribution is -0.132. The van der Waals surface area contributed by atoms with Crippen molar-refractivity contribution < 1.29 is 14.4 Å². The summed E-state index contributed by atoms with van der Waals surface area (Å²) in [6.45, 7) is 6.73. The van der Waals surface area contributed by atoms with Crippen LogP contribution in [0.15, 0.2) is 41.8 Å². The molecule has 1 aromatic heterocycles. The van der Waals surface area contributed by atoms with Gasteiger partial charge in [0.15, 0.2) is 0 Å². The maximum Gasteiger partial charge on any atom is 0.264 e. The van der Waals surface area contributed by atoms with Crippen molar-refractivity contribution in [2.75, 3.05) is 31.2 Å². The van der Waals surface area contributed by atoms with Gasteiger partial charge in [0.1, 0.15) is 19.8 Å². The molecule has 2 heterocycles. The van der Waals surface area contributed by atoms with Gasteiger partial charge in [-0.15, -0.1) is 11.3 Å². The Labute approximate surface area is 169 Å². The zero-order valence-electron chi connectivity index (χ0n) is 16.4. The summed E-state index contributed by atoms with van der Waals surface area (Å²) in [5.41, 5.74) is 1.89. The SMILES string of the molecule is Cc1ccc(N2CN(C(=O)CN(CC(C)C)C(=O)c3cccs3)CC2=O)cc1. The van der Waals surface area contributed by atoms with E-state index in [2.05, 4.69) is 0 Å². The number of benzene rings is 1. The van der Waals surface area contributed by atoms with Crippen LogP contribution in [0.3, 0.4) is 0 Å². The van der Waals surface area contributed by atoms with Crippen molar-refractivity contribution in [3.63, 3.8) is 0 Å². The van der Waals surface area contributed by atoms with Gasteiger partial charge in [0, 0.05) is 12.2 Å². The molecule has 0 atom stereocenters. The zero-order valence-corrected chi connectivity index (χ0v) is 17.2. The highest BCUT2D eigenvalue weighted by Crippen LogP contribution is 2.20. The highest BCUT2D eigenvalue weighted by Gasteiger charge is 2.33. The van der Waals surface area contributed by atoms with Gasteiger partial charge >= 0.3 is 0 Å². The second-order valence-corrected chi connectivity index (χ2v) is 8.39. The molecule has 7 heteroatoms. The molecule has 1 aromatic carbocycles. The zero-order chi connectivity index (χ0) is 20.3. The van der Waals surface area contributed by atoms with Gasteiger partial charge in [-0.25, -0.2) is 0 Å². The molecule has 6 nitrogen and oxygen atoms in total. The Bertz CT molecular complexity index is 846. The predicted molar refractivity (Wildman–Crippen MR) is 110 cm³/mol. The van der Waals surface area contributed by atoms with Gasteiger partial charge in [0.25, 0.3) is 5.91 Å². The molecule has 0 spiro atoms. The first-order valence-electron chi connectivity index (χ1n) is 9.32. The van der Waals surface area contributed by atoms with Crippen molar-refractivity contribution in [3.8, 4) is 0 Å². The normalized spacial score (nSPS) is 14.1. The lowest BCUT2D eigenvalue weighted by Gasteiger charge is -2.26. The monoisotopic (exact) mass is 399 g/mol. The highest BCUT2D eigenvalue weighted by molar-refractivity contribution is 7.12. The third kappa shape index (κ3) is 4.59. The Balaban J connectivity index is 1.69. The van der Waals surface area contributed by atoms with E-state index in [4.69, 9.17) is 0 Å². The van der Waals surface area contributed by atoms with Crippen LogP contribution in [0.5, 0.6) is 0 Å². The Morgan fingerprint density at radius 2 is 1.89 bits per heavy atom. The Hall–Kier alpha value is -2.67. The number of nitrogens with zero attached hydrogens (tertiary/aromatic N) is 3. The molecule has 0 N–H and O–H groups in total. The molecule has 1 saturated heterocycles. The van der Waals surface area contributed by atoms with Gasteiger partial charge < -0.3 is 9.80 Å². The smallest absolute Gasteiger partial charge is 0.264 e. The predicted octanol–water partition coefficient (Wildman–Crippen LogP) is 2.99. The van der Waals surface area contributed by atoms with Crippen molar-refractivity contribution in [1.82, 2.24) is 9.80 Å². The topological polar surface area (TPSA) is 60.9 Å². The fourth-order valence-electron chi connectivity index (χ4n) is 3.14. The lowest BCUT2D eigenvalue weighted by atomic mass is 10.2. The van der Waals surface area contributed by atoms with E-state index >= 15 is 0 Å². The van der Waals surface area contributed by atoms with Gasteiger partial charge in [0.05, 0.1) is 4.88 Å². The highest BCUT2D eigenvalue weighted by atomic mass is 32.1. The maximum absolute atomic E-state index is 12.8. The molecule has 0 saturated carbocycles.